The zero-order valence-corrected chi connectivity index (χ0v) is 14.6. The van der Waals surface area contributed by atoms with Crippen LogP contribution in [0.15, 0.2) is 36.4 Å². The maximum atomic E-state index is 12.4. The maximum Gasteiger partial charge on any atom is 0.264 e. The van der Waals surface area contributed by atoms with E-state index in [0.29, 0.717) is 22.6 Å². The summed E-state index contributed by atoms with van der Waals surface area (Å²) >= 11 is 0. The Kier molecular flexibility index (Phi) is 4.59. The Balaban J connectivity index is 0.00000161. The molecule has 0 saturated carbocycles. The molecule has 4 nitrogen and oxygen atoms in total. The SMILES string of the molecule is COc1[c-]cc(C)c(N2C(=O)c3ccccc3C2=O)c1.[Y]. The summed E-state index contributed by atoms with van der Waals surface area (Å²) in [4.78, 5) is 26.0. The zero-order valence-electron chi connectivity index (χ0n) is 11.7. The number of hydrogen-bond donors (Lipinski definition) is 0. The van der Waals surface area contributed by atoms with E-state index < -0.39 is 0 Å². The van der Waals surface area contributed by atoms with Crippen LogP contribution in [0.1, 0.15) is 26.3 Å². The number of aryl methyl sites for hydroxylation is 1. The van der Waals surface area contributed by atoms with Crippen LogP contribution in [-0.2, 0) is 32.7 Å². The Morgan fingerprint density at radius 1 is 1.10 bits per heavy atom. The first kappa shape index (κ1) is 15.9. The van der Waals surface area contributed by atoms with Crippen LogP contribution >= 0.6 is 0 Å². The molecular weight excluding hydrogens is 343 g/mol. The smallest absolute Gasteiger partial charge is 0.264 e. The molecule has 103 valence electrons. The summed E-state index contributed by atoms with van der Waals surface area (Å²) in [5.74, 6) is -0.119. The minimum absolute atomic E-state index is 0. The zero-order chi connectivity index (χ0) is 14.3. The normalized spacial score (nSPS) is 13.0. The van der Waals surface area contributed by atoms with Gasteiger partial charge in [-0.25, -0.2) is 0 Å². The molecule has 0 aliphatic carbocycles. The summed E-state index contributed by atoms with van der Waals surface area (Å²) in [6, 6.07) is 13.1. The molecule has 5 heteroatoms. The number of nitrogens with zero attached hydrogens (tertiary/aromatic N) is 1. The van der Waals surface area contributed by atoms with Crippen LogP contribution in [0, 0.1) is 13.0 Å². The van der Waals surface area contributed by atoms with Crippen molar-refractivity contribution in [1.29, 1.82) is 0 Å². The summed E-state index contributed by atoms with van der Waals surface area (Å²) in [6.45, 7) is 1.83. The third-order valence-corrected chi connectivity index (χ3v) is 3.36. The second-order valence-electron chi connectivity index (χ2n) is 4.56. The maximum absolute atomic E-state index is 12.4. The number of fused-ring (bicyclic) bond motifs is 1. The van der Waals surface area contributed by atoms with E-state index >= 15 is 0 Å². The number of anilines is 1. The number of amides is 2. The minimum Gasteiger partial charge on any atom is -0.523 e. The van der Waals surface area contributed by atoms with Gasteiger partial charge >= 0.3 is 0 Å². The van der Waals surface area contributed by atoms with E-state index in [2.05, 4.69) is 6.07 Å². The van der Waals surface area contributed by atoms with Crippen molar-refractivity contribution in [2.45, 2.75) is 6.92 Å². The van der Waals surface area contributed by atoms with Crippen LogP contribution in [0.3, 0.4) is 0 Å². The van der Waals surface area contributed by atoms with Crippen molar-refractivity contribution in [3.8, 4) is 5.75 Å². The van der Waals surface area contributed by atoms with Gasteiger partial charge in [-0.1, -0.05) is 19.1 Å². The van der Waals surface area contributed by atoms with Gasteiger partial charge in [0.15, 0.2) is 0 Å². The summed E-state index contributed by atoms with van der Waals surface area (Å²) in [5, 5.41) is 0. The van der Waals surface area contributed by atoms with Crippen LogP contribution in [0.2, 0.25) is 0 Å². The van der Waals surface area contributed by atoms with Crippen molar-refractivity contribution < 1.29 is 47.0 Å². The molecule has 3 rings (SSSR count). The average molecular weight is 355 g/mol. The van der Waals surface area contributed by atoms with Gasteiger partial charge in [0.2, 0.25) is 0 Å². The van der Waals surface area contributed by atoms with E-state index in [9.17, 15) is 9.59 Å². The molecule has 0 bridgehead atoms. The molecule has 1 aliphatic heterocycles. The summed E-state index contributed by atoms with van der Waals surface area (Å²) < 4.78 is 5.11. The third kappa shape index (κ3) is 2.54. The molecule has 0 spiro atoms. The molecule has 0 aromatic heterocycles. The average Bonchev–Trinajstić information content (AvgIpc) is 2.72. The molecule has 1 radical (unpaired) electrons. The second kappa shape index (κ2) is 6.08. The van der Waals surface area contributed by atoms with Gasteiger partial charge in [0.05, 0.1) is 18.2 Å². The van der Waals surface area contributed by atoms with Crippen molar-refractivity contribution in [3.63, 3.8) is 0 Å². The van der Waals surface area contributed by atoms with Crippen LogP contribution in [0.25, 0.3) is 0 Å². The molecule has 21 heavy (non-hydrogen) atoms. The topological polar surface area (TPSA) is 46.6 Å². The van der Waals surface area contributed by atoms with Crippen molar-refractivity contribution in [3.05, 3.63) is 59.2 Å². The quantitative estimate of drug-likeness (QED) is 0.615. The number of carbonyl (C=O) groups excluding carboxylic acids is 2. The molecule has 2 aromatic carbocycles. The summed E-state index contributed by atoms with van der Waals surface area (Å²) in [7, 11) is 1.52. The molecular formula is C16H12NO3Y-. The van der Waals surface area contributed by atoms with Crippen LogP contribution in [0.4, 0.5) is 5.69 Å². The van der Waals surface area contributed by atoms with E-state index in [1.54, 1.807) is 36.4 Å². The summed E-state index contributed by atoms with van der Waals surface area (Å²) in [5.41, 5.74) is 2.19. The monoisotopic (exact) mass is 355 g/mol. The first-order valence-electron chi connectivity index (χ1n) is 6.17. The number of carbonyl (C=O) groups is 2. The predicted octanol–water partition coefficient (Wildman–Crippen LogP) is 2.60. The molecule has 1 aliphatic rings. The fourth-order valence-corrected chi connectivity index (χ4v) is 2.30. The first-order chi connectivity index (χ1) is 9.63. The van der Waals surface area contributed by atoms with E-state index in [-0.39, 0.29) is 44.5 Å². The minimum atomic E-state index is -0.304. The number of benzene rings is 2. The van der Waals surface area contributed by atoms with E-state index in [1.807, 2.05) is 6.92 Å². The van der Waals surface area contributed by atoms with Gasteiger partial charge in [-0.3, -0.25) is 14.5 Å². The van der Waals surface area contributed by atoms with Gasteiger partial charge in [0.1, 0.15) is 0 Å². The second-order valence-corrected chi connectivity index (χ2v) is 4.56. The fraction of sp³-hybridized carbons (Fsp3) is 0.125. The van der Waals surface area contributed by atoms with Gasteiger partial charge in [0, 0.05) is 38.5 Å². The van der Waals surface area contributed by atoms with Crippen molar-refractivity contribution >= 4 is 17.5 Å². The van der Waals surface area contributed by atoms with Crippen LogP contribution in [-0.4, -0.2) is 18.9 Å². The standard InChI is InChI=1S/C16H12NO3.Y/c1-10-7-8-11(20-2)9-14(10)17-15(18)12-5-3-4-6-13(12)16(17)19;/h3-7,9H,1-2H3;/q-1;. The van der Waals surface area contributed by atoms with Gasteiger partial charge in [-0.15, -0.1) is 17.7 Å². The van der Waals surface area contributed by atoms with Crippen molar-refractivity contribution in [2.75, 3.05) is 12.0 Å². The molecule has 1 heterocycles. The molecule has 0 N–H and O–H groups in total. The molecule has 2 aromatic rings. The number of imide groups is 1. The molecule has 0 fully saturated rings. The number of rotatable bonds is 2. The Morgan fingerprint density at radius 3 is 2.19 bits per heavy atom. The van der Waals surface area contributed by atoms with Crippen LogP contribution < -0.4 is 9.64 Å². The number of hydrogen-bond acceptors (Lipinski definition) is 3. The van der Waals surface area contributed by atoms with E-state index in [4.69, 9.17) is 4.74 Å². The fourth-order valence-electron chi connectivity index (χ4n) is 2.30. The molecule has 0 atom stereocenters. The largest absolute Gasteiger partial charge is 0.523 e. The Morgan fingerprint density at radius 2 is 1.67 bits per heavy atom. The summed E-state index contributed by atoms with van der Waals surface area (Å²) in [6.07, 6.45) is 0. The van der Waals surface area contributed by atoms with Gasteiger partial charge in [-0.05, 0) is 17.8 Å². The molecule has 0 unspecified atom stereocenters. The Hall–Kier alpha value is -1.52. The van der Waals surface area contributed by atoms with E-state index in [0.717, 1.165) is 5.56 Å². The van der Waals surface area contributed by atoms with Gasteiger partial charge < -0.3 is 4.74 Å². The molecule has 2 amide bonds. The Labute approximate surface area is 148 Å². The number of ether oxygens (including phenoxy) is 1. The van der Waals surface area contributed by atoms with Crippen LogP contribution in [0.5, 0.6) is 5.75 Å². The van der Waals surface area contributed by atoms with Gasteiger partial charge in [-0.2, -0.15) is 6.07 Å². The first-order valence-corrected chi connectivity index (χ1v) is 6.17. The van der Waals surface area contributed by atoms with Crippen molar-refractivity contribution in [1.82, 2.24) is 0 Å². The molecule has 0 saturated heterocycles. The third-order valence-electron chi connectivity index (χ3n) is 3.36. The number of methoxy groups -OCH3 is 1. The van der Waals surface area contributed by atoms with E-state index in [1.165, 1.54) is 12.0 Å². The Bertz CT molecular complexity index is 692. The van der Waals surface area contributed by atoms with Crippen molar-refractivity contribution in [2.24, 2.45) is 0 Å². The van der Waals surface area contributed by atoms with Gasteiger partial charge in [0.25, 0.3) is 11.8 Å². The predicted molar refractivity (Wildman–Crippen MR) is 74.1 cm³/mol.